The number of hydrogen-bond donors (Lipinski definition) is 2. The molecule has 2 N–H and O–H groups in total. The van der Waals surface area contributed by atoms with Gasteiger partial charge >= 0.3 is 5.97 Å². The number of benzene rings is 2. The number of ether oxygens (including phenoxy) is 1. The van der Waals surface area contributed by atoms with E-state index in [0.717, 1.165) is 34.6 Å². The van der Waals surface area contributed by atoms with Crippen molar-refractivity contribution in [1.82, 2.24) is 10.3 Å². The number of aromatic nitrogens is 1. The Morgan fingerprint density at radius 1 is 1.27 bits per heavy atom. The summed E-state index contributed by atoms with van der Waals surface area (Å²) in [5, 5.41) is 5.35. The van der Waals surface area contributed by atoms with Gasteiger partial charge in [-0.05, 0) is 43.0 Å². The third-order valence-electron chi connectivity index (χ3n) is 4.96. The Kier molecular flexibility index (Phi) is 4.70. The van der Waals surface area contributed by atoms with Crippen LogP contribution in [0.5, 0.6) is 0 Å². The molecule has 1 aliphatic carbocycles. The van der Waals surface area contributed by atoms with Crippen LogP contribution in [0.25, 0.3) is 22.2 Å². The number of carbonyl (C=O) groups is 1. The molecule has 1 aliphatic rings. The lowest BCUT2D eigenvalue weighted by molar-refractivity contribution is -0.142. The third-order valence-corrected chi connectivity index (χ3v) is 5.29. The molecule has 0 bridgehead atoms. The summed E-state index contributed by atoms with van der Waals surface area (Å²) in [7, 11) is 0. The van der Waals surface area contributed by atoms with Crippen molar-refractivity contribution in [3.63, 3.8) is 0 Å². The zero-order valence-corrected chi connectivity index (χ0v) is 15.4. The number of hydrogen-bond acceptors (Lipinski definition) is 3. The van der Waals surface area contributed by atoms with Crippen molar-refractivity contribution in [2.75, 3.05) is 13.2 Å². The van der Waals surface area contributed by atoms with Crippen LogP contribution in [0.2, 0.25) is 5.02 Å². The summed E-state index contributed by atoms with van der Waals surface area (Å²) in [6.07, 6.45) is 1.86. The molecule has 134 valence electrons. The van der Waals surface area contributed by atoms with Gasteiger partial charge in [0.2, 0.25) is 0 Å². The van der Waals surface area contributed by atoms with Gasteiger partial charge in [-0.15, -0.1) is 0 Å². The minimum atomic E-state index is -0.212. The molecule has 1 atom stereocenters. The number of nitrogens with one attached hydrogen (secondary N) is 2. The van der Waals surface area contributed by atoms with Gasteiger partial charge in [-0.3, -0.25) is 4.79 Å². The Morgan fingerprint density at radius 2 is 2.12 bits per heavy atom. The third kappa shape index (κ3) is 3.00. The van der Waals surface area contributed by atoms with Gasteiger partial charge in [-0.1, -0.05) is 41.9 Å². The van der Waals surface area contributed by atoms with E-state index < -0.39 is 0 Å². The van der Waals surface area contributed by atoms with Crippen LogP contribution in [0.15, 0.2) is 42.5 Å². The quantitative estimate of drug-likeness (QED) is 0.645. The molecule has 1 heterocycles. The Bertz CT molecular complexity index is 964. The number of H-pyrrole nitrogens is 1. The number of aromatic amines is 1. The zero-order valence-electron chi connectivity index (χ0n) is 14.6. The van der Waals surface area contributed by atoms with Crippen LogP contribution < -0.4 is 5.32 Å². The fraction of sp³-hybridized carbons (Fsp3) is 0.286. The summed E-state index contributed by atoms with van der Waals surface area (Å²) in [6, 6.07) is 14.4. The smallest absolute Gasteiger partial charge is 0.319 e. The molecule has 4 rings (SSSR count). The second-order valence-electron chi connectivity index (χ2n) is 6.51. The molecular formula is C21H21ClN2O2. The molecule has 1 unspecified atom stereocenters. The van der Waals surface area contributed by atoms with Crippen molar-refractivity contribution in [3.8, 4) is 11.3 Å². The second-order valence-corrected chi connectivity index (χ2v) is 6.91. The van der Waals surface area contributed by atoms with Gasteiger partial charge in [0.1, 0.15) is 0 Å². The number of aryl methyl sites for hydroxylation is 1. The van der Waals surface area contributed by atoms with E-state index in [1.807, 2.05) is 31.2 Å². The van der Waals surface area contributed by atoms with Crippen molar-refractivity contribution in [2.45, 2.75) is 25.8 Å². The van der Waals surface area contributed by atoms with Crippen LogP contribution in [0.4, 0.5) is 0 Å². The number of carbonyl (C=O) groups excluding carboxylic acids is 1. The van der Waals surface area contributed by atoms with Crippen molar-refractivity contribution in [3.05, 3.63) is 58.6 Å². The van der Waals surface area contributed by atoms with E-state index in [-0.39, 0.29) is 18.6 Å². The molecule has 2 aromatic carbocycles. The molecule has 3 aromatic rings. The predicted molar refractivity (Wildman–Crippen MR) is 104 cm³/mol. The first kappa shape index (κ1) is 17.1. The van der Waals surface area contributed by atoms with Crippen molar-refractivity contribution in [2.24, 2.45) is 0 Å². The van der Waals surface area contributed by atoms with Gasteiger partial charge in [0.05, 0.1) is 18.8 Å². The zero-order chi connectivity index (χ0) is 18.1. The maximum Gasteiger partial charge on any atom is 0.319 e. The topological polar surface area (TPSA) is 54.1 Å². The molecule has 0 spiro atoms. The van der Waals surface area contributed by atoms with Crippen LogP contribution >= 0.6 is 11.6 Å². The largest absolute Gasteiger partial charge is 0.465 e. The van der Waals surface area contributed by atoms with Gasteiger partial charge < -0.3 is 15.0 Å². The Balaban J connectivity index is 1.73. The summed E-state index contributed by atoms with van der Waals surface area (Å²) in [4.78, 5) is 15.2. The highest BCUT2D eigenvalue weighted by Gasteiger charge is 2.26. The average molecular weight is 369 g/mol. The number of rotatable bonds is 5. The molecule has 4 nitrogen and oxygen atoms in total. The summed E-state index contributed by atoms with van der Waals surface area (Å²) in [5.41, 5.74) is 5.77. The molecule has 0 saturated heterocycles. The van der Waals surface area contributed by atoms with E-state index in [1.165, 1.54) is 16.5 Å². The summed E-state index contributed by atoms with van der Waals surface area (Å²) >= 11 is 6.43. The van der Waals surface area contributed by atoms with Gasteiger partial charge in [0.25, 0.3) is 0 Å². The minimum absolute atomic E-state index is 0.144. The fourth-order valence-corrected chi connectivity index (χ4v) is 4.09. The highest BCUT2D eigenvalue weighted by molar-refractivity contribution is 6.33. The molecule has 0 aliphatic heterocycles. The minimum Gasteiger partial charge on any atom is -0.465 e. The lowest BCUT2D eigenvalue weighted by atomic mass is 9.87. The molecular weight excluding hydrogens is 348 g/mol. The highest BCUT2D eigenvalue weighted by Crippen LogP contribution is 2.42. The fourth-order valence-electron chi connectivity index (χ4n) is 3.86. The summed E-state index contributed by atoms with van der Waals surface area (Å²) < 4.78 is 5.03. The molecule has 1 aromatic heterocycles. The molecule has 26 heavy (non-hydrogen) atoms. The second kappa shape index (κ2) is 7.14. The first-order valence-corrected chi connectivity index (χ1v) is 9.34. The van der Waals surface area contributed by atoms with Gasteiger partial charge in [-0.25, -0.2) is 0 Å². The van der Waals surface area contributed by atoms with Crippen molar-refractivity contribution in [1.29, 1.82) is 0 Å². The lowest BCUT2D eigenvalue weighted by Gasteiger charge is -2.25. The Hall–Kier alpha value is -2.30. The maximum atomic E-state index is 11.7. The molecule has 0 amide bonds. The first-order valence-electron chi connectivity index (χ1n) is 8.96. The highest BCUT2D eigenvalue weighted by atomic mass is 35.5. The summed E-state index contributed by atoms with van der Waals surface area (Å²) in [5.74, 6) is -0.212. The Labute approximate surface area is 157 Å². The van der Waals surface area contributed by atoms with E-state index in [1.54, 1.807) is 0 Å². The first-order chi connectivity index (χ1) is 12.7. The molecule has 0 saturated carbocycles. The number of halogens is 1. The predicted octanol–water partition coefficient (Wildman–Crippen LogP) is 4.63. The van der Waals surface area contributed by atoms with E-state index in [0.29, 0.717) is 6.61 Å². The number of esters is 1. The van der Waals surface area contributed by atoms with Crippen molar-refractivity contribution < 1.29 is 9.53 Å². The van der Waals surface area contributed by atoms with E-state index in [4.69, 9.17) is 16.3 Å². The van der Waals surface area contributed by atoms with Gasteiger partial charge in [-0.2, -0.15) is 0 Å². The maximum absolute atomic E-state index is 11.7. The molecule has 0 radical (unpaired) electrons. The van der Waals surface area contributed by atoms with Crippen molar-refractivity contribution >= 4 is 28.5 Å². The Morgan fingerprint density at radius 3 is 2.92 bits per heavy atom. The summed E-state index contributed by atoms with van der Waals surface area (Å²) in [6.45, 7) is 2.46. The van der Waals surface area contributed by atoms with E-state index in [2.05, 4.69) is 28.5 Å². The lowest BCUT2D eigenvalue weighted by Crippen LogP contribution is -2.30. The normalized spacial score (nSPS) is 16.0. The monoisotopic (exact) mass is 368 g/mol. The standard InChI is InChI=1S/C21H21ClN2O2/c1-2-26-19(25)12-23-17-11-10-15-20-14(17)7-5-9-18(20)24-21(15)13-6-3-4-8-16(13)22/h3-9,17,23-24H,2,10-12H2,1H3. The van der Waals surface area contributed by atoms with E-state index >= 15 is 0 Å². The van der Waals surface area contributed by atoms with Crippen LogP contribution in [0.1, 0.15) is 30.5 Å². The van der Waals surface area contributed by atoms with Gasteiger partial charge in [0.15, 0.2) is 0 Å². The average Bonchev–Trinajstić information content (AvgIpc) is 3.02. The van der Waals surface area contributed by atoms with Crippen LogP contribution in [0.3, 0.4) is 0 Å². The van der Waals surface area contributed by atoms with Crippen LogP contribution in [-0.4, -0.2) is 24.1 Å². The SMILES string of the molecule is CCOC(=O)CNC1CCc2c(-c3ccccc3Cl)[nH]c3cccc1c23. The molecule has 0 fully saturated rings. The molecule has 5 heteroatoms. The van der Waals surface area contributed by atoms with E-state index in [9.17, 15) is 4.79 Å². The van der Waals surface area contributed by atoms with Crippen LogP contribution in [0, 0.1) is 0 Å². The van der Waals surface area contributed by atoms with Gasteiger partial charge in [0, 0.05) is 27.5 Å². The van der Waals surface area contributed by atoms with Crippen LogP contribution in [-0.2, 0) is 16.0 Å².